The summed E-state index contributed by atoms with van der Waals surface area (Å²) in [5, 5.41) is 2.90. The van der Waals surface area contributed by atoms with Crippen molar-refractivity contribution < 1.29 is 19.1 Å². The van der Waals surface area contributed by atoms with Gasteiger partial charge < -0.3 is 19.7 Å². The number of carbonyl (C=O) groups is 2. The Kier molecular flexibility index (Phi) is 6.11. The number of aryl methyl sites for hydroxylation is 1. The molecule has 1 aliphatic rings. The number of benzene rings is 2. The largest absolute Gasteiger partial charge is 0.493 e. The van der Waals surface area contributed by atoms with Crippen LogP contribution in [0.2, 0.25) is 0 Å². The van der Waals surface area contributed by atoms with Gasteiger partial charge in [0.1, 0.15) is 0 Å². The van der Waals surface area contributed by atoms with Crippen molar-refractivity contribution in [3.63, 3.8) is 0 Å². The summed E-state index contributed by atoms with van der Waals surface area (Å²) in [5.74, 6) is 0.818. The lowest BCUT2D eigenvalue weighted by atomic mass is 9.97. The van der Waals surface area contributed by atoms with Crippen molar-refractivity contribution >= 4 is 23.2 Å². The first-order valence-corrected chi connectivity index (χ1v) is 9.78. The highest BCUT2D eigenvalue weighted by Gasteiger charge is 2.36. The first-order valence-electron chi connectivity index (χ1n) is 9.78. The SMILES string of the molecule is COc1ccc(NC(=O)C2CC(=O)N(c3c(C)cccc3C(C)C)C2)cc1OC. The summed E-state index contributed by atoms with van der Waals surface area (Å²) >= 11 is 0. The molecule has 29 heavy (non-hydrogen) atoms. The number of amides is 2. The highest BCUT2D eigenvalue weighted by atomic mass is 16.5. The summed E-state index contributed by atoms with van der Waals surface area (Å²) in [5.41, 5.74) is 3.72. The minimum atomic E-state index is -0.407. The monoisotopic (exact) mass is 396 g/mol. The molecule has 2 aromatic carbocycles. The summed E-state index contributed by atoms with van der Waals surface area (Å²) in [7, 11) is 3.11. The van der Waals surface area contributed by atoms with Crippen molar-refractivity contribution in [1.29, 1.82) is 0 Å². The van der Waals surface area contributed by atoms with Crippen LogP contribution in [0.15, 0.2) is 36.4 Å². The highest BCUT2D eigenvalue weighted by molar-refractivity contribution is 6.04. The van der Waals surface area contributed by atoms with Crippen LogP contribution < -0.4 is 19.7 Å². The van der Waals surface area contributed by atoms with Gasteiger partial charge in [-0.2, -0.15) is 0 Å². The van der Waals surface area contributed by atoms with Crippen molar-refractivity contribution in [1.82, 2.24) is 0 Å². The van der Waals surface area contributed by atoms with E-state index in [2.05, 4.69) is 25.2 Å². The van der Waals surface area contributed by atoms with Crippen LogP contribution in [0.4, 0.5) is 11.4 Å². The molecule has 1 aliphatic heterocycles. The molecule has 0 spiro atoms. The average molecular weight is 396 g/mol. The lowest BCUT2D eigenvalue weighted by Crippen LogP contribution is -2.29. The molecule has 2 amide bonds. The van der Waals surface area contributed by atoms with Crippen LogP contribution in [0, 0.1) is 12.8 Å². The third-order valence-electron chi connectivity index (χ3n) is 5.31. The van der Waals surface area contributed by atoms with Crippen LogP contribution in [0.5, 0.6) is 11.5 Å². The van der Waals surface area contributed by atoms with Gasteiger partial charge >= 0.3 is 0 Å². The van der Waals surface area contributed by atoms with Gasteiger partial charge in [0.15, 0.2) is 11.5 Å². The smallest absolute Gasteiger partial charge is 0.229 e. The van der Waals surface area contributed by atoms with E-state index in [1.54, 1.807) is 37.3 Å². The number of methoxy groups -OCH3 is 2. The zero-order valence-electron chi connectivity index (χ0n) is 17.6. The zero-order valence-corrected chi connectivity index (χ0v) is 17.6. The molecule has 3 rings (SSSR count). The molecule has 1 N–H and O–H groups in total. The van der Waals surface area contributed by atoms with Crippen LogP contribution in [-0.4, -0.2) is 32.6 Å². The summed E-state index contributed by atoms with van der Waals surface area (Å²) in [6.45, 7) is 6.61. The second kappa shape index (κ2) is 8.55. The molecule has 0 radical (unpaired) electrons. The van der Waals surface area contributed by atoms with E-state index < -0.39 is 5.92 Å². The summed E-state index contributed by atoms with van der Waals surface area (Å²) in [4.78, 5) is 27.4. The lowest BCUT2D eigenvalue weighted by Gasteiger charge is -2.24. The Balaban J connectivity index is 1.78. The van der Waals surface area contributed by atoms with E-state index in [9.17, 15) is 9.59 Å². The van der Waals surface area contributed by atoms with Gasteiger partial charge in [-0.1, -0.05) is 32.0 Å². The van der Waals surface area contributed by atoms with Crippen molar-refractivity contribution in [2.45, 2.75) is 33.1 Å². The molecular weight excluding hydrogens is 368 g/mol. The van der Waals surface area contributed by atoms with Gasteiger partial charge in [-0.15, -0.1) is 0 Å². The topological polar surface area (TPSA) is 67.9 Å². The van der Waals surface area contributed by atoms with Crippen molar-refractivity contribution in [3.05, 3.63) is 47.5 Å². The van der Waals surface area contributed by atoms with E-state index in [1.807, 2.05) is 19.1 Å². The van der Waals surface area contributed by atoms with Crippen LogP contribution in [-0.2, 0) is 9.59 Å². The minimum absolute atomic E-state index is 0.0198. The van der Waals surface area contributed by atoms with E-state index in [1.165, 1.54) is 0 Å². The molecule has 1 atom stereocenters. The fourth-order valence-electron chi connectivity index (χ4n) is 3.77. The fraction of sp³-hybridized carbons (Fsp3) is 0.391. The molecule has 1 unspecified atom stereocenters. The van der Waals surface area contributed by atoms with Crippen LogP contribution in [0.1, 0.15) is 37.3 Å². The number of carbonyl (C=O) groups excluding carboxylic acids is 2. The maximum atomic E-state index is 12.8. The first kappa shape index (κ1) is 20.7. The van der Waals surface area contributed by atoms with E-state index in [0.717, 1.165) is 16.8 Å². The van der Waals surface area contributed by atoms with Gasteiger partial charge in [0.05, 0.1) is 20.1 Å². The van der Waals surface area contributed by atoms with Gasteiger partial charge in [0, 0.05) is 30.4 Å². The summed E-state index contributed by atoms with van der Waals surface area (Å²) in [6.07, 6.45) is 0.199. The Morgan fingerprint density at radius 1 is 1.14 bits per heavy atom. The third-order valence-corrected chi connectivity index (χ3v) is 5.31. The van der Waals surface area contributed by atoms with Crippen LogP contribution >= 0.6 is 0 Å². The molecule has 1 heterocycles. The standard InChI is InChI=1S/C23H28N2O4/c1-14(2)18-8-6-7-15(3)22(18)25-13-16(11-21(25)26)23(27)24-17-9-10-19(28-4)20(12-17)29-5/h6-10,12,14,16H,11,13H2,1-5H3,(H,24,27). The number of nitrogens with one attached hydrogen (secondary N) is 1. The normalized spacial score (nSPS) is 16.3. The van der Waals surface area contributed by atoms with Gasteiger partial charge in [-0.05, 0) is 36.1 Å². The van der Waals surface area contributed by atoms with Crippen molar-refractivity contribution in [2.75, 3.05) is 31.0 Å². The zero-order chi connectivity index (χ0) is 21.1. The van der Waals surface area contributed by atoms with E-state index in [-0.39, 0.29) is 24.2 Å². The maximum absolute atomic E-state index is 12.8. The van der Waals surface area contributed by atoms with Crippen molar-refractivity contribution in [3.8, 4) is 11.5 Å². The molecule has 6 heteroatoms. The van der Waals surface area contributed by atoms with Gasteiger partial charge in [-0.3, -0.25) is 9.59 Å². The van der Waals surface area contributed by atoms with Gasteiger partial charge in [0.2, 0.25) is 11.8 Å². The Hall–Kier alpha value is -3.02. The van der Waals surface area contributed by atoms with Gasteiger partial charge in [0.25, 0.3) is 0 Å². The first-order chi connectivity index (χ1) is 13.8. The predicted molar refractivity (Wildman–Crippen MR) is 114 cm³/mol. The second-order valence-corrected chi connectivity index (χ2v) is 7.63. The number of hydrogen-bond acceptors (Lipinski definition) is 4. The number of ether oxygens (including phenoxy) is 2. The number of anilines is 2. The predicted octanol–water partition coefficient (Wildman–Crippen LogP) is 4.13. The summed E-state index contributed by atoms with van der Waals surface area (Å²) in [6, 6.07) is 11.3. The molecule has 1 fully saturated rings. The van der Waals surface area contributed by atoms with Crippen LogP contribution in [0.25, 0.3) is 0 Å². The quantitative estimate of drug-likeness (QED) is 0.797. The molecule has 2 aromatic rings. The van der Waals surface area contributed by atoms with E-state index in [0.29, 0.717) is 23.7 Å². The van der Waals surface area contributed by atoms with E-state index in [4.69, 9.17) is 9.47 Å². The Morgan fingerprint density at radius 3 is 2.52 bits per heavy atom. The highest BCUT2D eigenvalue weighted by Crippen LogP contribution is 2.35. The molecule has 0 saturated carbocycles. The molecule has 0 bridgehead atoms. The minimum Gasteiger partial charge on any atom is -0.493 e. The molecule has 1 saturated heterocycles. The molecular formula is C23H28N2O4. The molecule has 0 aromatic heterocycles. The number of rotatable bonds is 6. The fourth-order valence-corrected chi connectivity index (χ4v) is 3.77. The number of hydrogen-bond donors (Lipinski definition) is 1. The Bertz CT molecular complexity index is 923. The number of para-hydroxylation sites is 1. The summed E-state index contributed by atoms with van der Waals surface area (Å²) < 4.78 is 10.5. The average Bonchev–Trinajstić information content (AvgIpc) is 3.09. The second-order valence-electron chi connectivity index (χ2n) is 7.63. The van der Waals surface area contributed by atoms with Crippen LogP contribution in [0.3, 0.4) is 0 Å². The maximum Gasteiger partial charge on any atom is 0.229 e. The molecule has 0 aliphatic carbocycles. The Labute approximate surface area is 171 Å². The molecule has 6 nitrogen and oxygen atoms in total. The van der Waals surface area contributed by atoms with Gasteiger partial charge in [-0.25, -0.2) is 0 Å². The third kappa shape index (κ3) is 4.21. The molecule has 154 valence electrons. The van der Waals surface area contributed by atoms with Crippen molar-refractivity contribution in [2.24, 2.45) is 5.92 Å². The lowest BCUT2D eigenvalue weighted by molar-refractivity contribution is -0.122. The van der Waals surface area contributed by atoms with E-state index >= 15 is 0 Å². The Morgan fingerprint density at radius 2 is 1.86 bits per heavy atom. The number of nitrogens with zero attached hydrogens (tertiary/aromatic N) is 1.